The summed E-state index contributed by atoms with van der Waals surface area (Å²) in [4.78, 5) is 12.5. The lowest BCUT2D eigenvalue weighted by molar-refractivity contribution is 0.0935. The van der Waals surface area contributed by atoms with E-state index in [0.29, 0.717) is 12.2 Å². The SMILES string of the molecule is C=CCOc1ccc(C(=O)N[C@@H](CC)c2ccc(C)c(C)c2)cc1. The first kappa shape index (κ1) is 17.8. The Morgan fingerprint density at radius 2 is 1.88 bits per heavy atom. The standard InChI is InChI=1S/C21H25NO2/c1-5-13-24-19-11-9-17(10-12-19)21(23)22-20(6-2)18-8-7-15(3)16(4)14-18/h5,7-12,14,20H,1,6,13H2,2-4H3,(H,22,23)/t20-/m0/s1. The maximum absolute atomic E-state index is 12.5. The Bertz CT molecular complexity index is 704. The van der Waals surface area contributed by atoms with Crippen molar-refractivity contribution in [3.8, 4) is 5.75 Å². The zero-order chi connectivity index (χ0) is 17.5. The molecule has 0 unspecified atom stereocenters. The van der Waals surface area contributed by atoms with Crippen molar-refractivity contribution < 1.29 is 9.53 Å². The zero-order valence-electron chi connectivity index (χ0n) is 14.6. The van der Waals surface area contributed by atoms with Crippen LogP contribution in [0.5, 0.6) is 5.75 Å². The summed E-state index contributed by atoms with van der Waals surface area (Å²) in [6.07, 6.45) is 2.53. The van der Waals surface area contributed by atoms with Crippen LogP contribution in [0.4, 0.5) is 0 Å². The third-order valence-corrected chi connectivity index (χ3v) is 4.13. The quantitative estimate of drug-likeness (QED) is 0.747. The van der Waals surface area contributed by atoms with Gasteiger partial charge in [-0.1, -0.05) is 37.8 Å². The summed E-state index contributed by atoms with van der Waals surface area (Å²) in [6, 6.07) is 13.5. The van der Waals surface area contributed by atoms with Gasteiger partial charge in [0.05, 0.1) is 6.04 Å². The van der Waals surface area contributed by atoms with Crippen LogP contribution in [-0.4, -0.2) is 12.5 Å². The fourth-order valence-corrected chi connectivity index (χ4v) is 2.50. The van der Waals surface area contributed by atoms with Crippen molar-refractivity contribution in [1.29, 1.82) is 0 Å². The van der Waals surface area contributed by atoms with E-state index in [2.05, 4.69) is 50.9 Å². The maximum atomic E-state index is 12.5. The Balaban J connectivity index is 2.08. The van der Waals surface area contributed by atoms with Crippen LogP contribution in [0.25, 0.3) is 0 Å². The van der Waals surface area contributed by atoms with E-state index in [9.17, 15) is 4.79 Å². The van der Waals surface area contributed by atoms with Crippen LogP contribution in [0.3, 0.4) is 0 Å². The van der Waals surface area contributed by atoms with Crippen molar-refractivity contribution >= 4 is 5.91 Å². The molecule has 1 N–H and O–H groups in total. The summed E-state index contributed by atoms with van der Waals surface area (Å²) in [7, 11) is 0. The average molecular weight is 323 g/mol. The van der Waals surface area contributed by atoms with Crippen LogP contribution in [-0.2, 0) is 0 Å². The second-order valence-electron chi connectivity index (χ2n) is 5.90. The summed E-state index contributed by atoms with van der Waals surface area (Å²) in [5, 5.41) is 3.11. The summed E-state index contributed by atoms with van der Waals surface area (Å²) in [6.45, 7) is 10.3. The number of amides is 1. The van der Waals surface area contributed by atoms with E-state index >= 15 is 0 Å². The van der Waals surface area contributed by atoms with Gasteiger partial charge < -0.3 is 10.1 Å². The van der Waals surface area contributed by atoms with Gasteiger partial charge in [-0.15, -0.1) is 0 Å². The second kappa shape index (κ2) is 8.34. The molecule has 0 spiro atoms. The number of aryl methyl sites for hydroxylation is 2. The summed E-state index contributed by atoms with van der Waals surface area (Å²) in [5.41, 5.74) is 4.27. The van der Waals surface area contributed by atoms with Crippen molar-refractivity contribution in [1.82, 2.24) is 5.32 Å². The van der Waals surface area contributed by atoms with Gasteiger partial charge >= 0.3 is 0 Å². The normalized spacial score (nSPS) is 11.6. The topological polar surface area (TPSA) is 38.3 Å². The lowest BCUT2D eigenvalue weighted by Crippen LogP contribution is -2.28. The predicted octanol–water partition coefficient (Wildman–Crippen LogP) is 4.75. The Labute approximate surface area is 144 Å². The molecule has 0 aliphatic carbocycles. The molecule has 3 heteroatoms. The largest absolute Gasteiger partial charge is 0.490 e. The Morgan fingerprint density at radius 1 is 1.17 bits per heavy atom. The number of hydrogen-bond donors (Lipinski definition) is 1. The lowest BCUT2D eigenvalue weighted by atomic mass is 9.99. The molecule has 2 rings (SSSR count). The van der Waals surface area contributed by atoms with Crippen molar-refractivity contribution in [3.63, 3.8) is 0 Å². The molecule has 3 nitrogen and oxygen atoms in total. The van der Waals surface area contributed by atoms with E-state index in [0.717, 1.165) is 17.7 Å². The summed E-state index contributed by atoms with van der Waals surface area (Å²) in [5.74, 6) is 0.656. The summed E-state index contributed by atoms with van der Waals surface area (Å²) >= 11 is 0. The van der Waals surface area contributed by atoms with Crippen LogP contribution >= 0.6 is 0 Å². The smallest absolute Gasteiger partial charge is 0.251 e. The number of carbonyl (C=O) groups excluding carboxylic acids is 1. The number of hydrogen-bond acceptors (Lipinski definition) is 2. The highest BCUT2D eigenvalue weighted by molar-refractivity contribution is 5.94. The Hall–Kier alpha value is -2.55. The molecule has 2 aromatic rings. The molecule has 0 radical (unpaired) electrons. The minimum Gasteiger partial charge on any atom is -0.490 e. The van der Waals surface area contributed by atoms with Gasteiger partial charge in [0.25, 0.3) is 5.91 Å². The van der Waals surface area contributed by atoms with Gasteiger partial charge in [-0.05, 0) is 61.2 Å². The minimum atomic E-state index is -0.0738. The Morgan fingerprint density at radius 3 is 2.46 bits per heavy atom. The molecule has 0 aromatic heterocycles. The third-order valence-electron chi connectivity index (χ3n) is 4.13. The van der Waals surface area contributed by atoms with E-state index in [4.69, 9.17) is 4.74 Å². The fourth-order valence-electron chi connectivity index (χ4n) is 2.50. The van der Waals surface area contributed by atoms with E-state index in [1.165, 1.54) is 11.1 Å². The maximum Gasteiger partial charge on any atom is 0.251 e. The van der Waals surface area contributed by atoms with Crippen LogP contribution in [0.1, 0.15) is 46.4 Å². The molecule has 24 heavy (non-hydrogen) atoms. The number of rotatable bonds is 7. The molecular formula is C21H25NO2. The van der Waals surface area contributed by atoms with E-state index in [1.54, 1.807) is 30.3 Å². The second-order valence-corrected chi connectivity index (χ2v) is 5.90. The van der Waals surface area contributed by atoms with Gasteiger partial charge in [0, 0.05) is 5.56 Å². The zero-order valence-corrected chi connectivity index (χ0v) is 14.6. The van der Waals surface area contributed by atoms with E-state index < -0.39 is 0 Å². The Kier molecular flexibility index (Phi) is 6.19. The average Bonchev–Trinajstić information content (AvgIpc) is 2.60. The molecule has 1 amide bonds. The molecule has 0 heterocycles. The van der Waals surface area contributed by atoms with Crippen LogP contribution in [0, 0.1) is 13.8 Å². The first-order valence-electron chi connectivity index (χ1n) is 8.27. The molecule has 0 aliphatic rings. The number of carbonyl (C=O) groups is 1. The van der Waals surface area contributed by atoms with Crippen molar-refractivity contribution in [2.24, 2.45) is 0 Å². The van der Waals surface area contributed by atoms with Crippen LogP contribution in [0.15, 0.2) is 55.1 Å². The van der Waals surface area contributed by atoms with Crippen molar-refractivity contribution in [2.45, 2.75) is 33.2 Å². The van der Waals surface area contributed by atoms with Crippen molar-refractivity contribution in [2.75, 3.05) is 6.61 Å². The van der Waals surface area contributed by atoms with Crippen LogP contribution < -0.4 is 10.1 Å². The van der Waals surface area contributed by atoms with Gasteiger partial charge in [-0.25, -0.2) is 0 Å². The van der Waals surface area contributed by atoms with Gasteiger partial charge in [0.1, 0.15) is 12.4 Å². The molecule has 0 saturated carbocycles. The lowest BCUT2D eigenvalue weighted by Gasteiger charge is -2.19. The van der Waals surface area contributed by atoms with Crippen LogP contribution in [0.2, 0.25) is 0 Å². The highest BCUT2D eigenvalue weighted by Gasteiger charge is 2.14. The van der Waals surface area contributed by atoms with Gasteiger partial charge in [0.15, 0.2) is 0 Å². The van der Waals surface area contributed by atoms with Crippen molar-refractivity contribution in [3.05, 3.63) is 77.4 Å². The minimum absolute atomic E-state index is 0.00786. The fraction of sp³-hybridized carbons (Fsp3) is 0.286. The monoisotopic (exact) mass is 323 g/mol. The molecule has 0 bridgehead atoms. The number of nitrogens with one attached hydrogen (secondary N) is 1. The molecule has 0 fully saturated rings. The van der Waals surface area contributed by atoms with E-state index in [-0.39, 0.29) is 11.9 Å². The molecular weight excluding hydrogens is 298 g/mol. The predicted molar refractivity (Wildman–Crippen MR) is 98.5 cm³/mol. The van der Waals surface area contributed by atoms with E-state index in [1.807, 2.05) is 0 Å². The third kappa shape index (κ3) is 4.48. The van der Waals surface area contributed by atoms with Gasteiger partial charge in [-0.2, -0.15) is 0 Å². The highest BCUT2D eigenvalue weighted by atomic mass is 16.5. The first-order chi connectivity index (χ1) is 11.5. The molecule has 1 atom stereocenters. The highest BCUT2D eigenvalue weighted by Crippen LogP contribution is 2.21. The molecule has 126 valence electrons. The number of ether oxygens (including phenoxy) is 1. The van der Waals surface area contributed by atoms with Gasteiger partial charge in [0.2, 0.25) is 0 Å². The summed E-state index contributed by atoms with van der Waals surface area (Å²) < 4.78 is 5.44. The molecule has 0 saturated heterocycles. The van der Waals surface area contributed by atoms with Gasteiger partial charge in [-0.3, -0.25) is 4.79 Å². The molecule has 0 aliphatic heterocycles. The molecule has 2 aromatic carbocycles. The number of benzene rings is 2. The first-order valence-corrected chi connectivity index (χ1v) is 8.27.